The molecule has 0 atom stereocenters. The Labute approximate surface area is 53.5 Å². The molecule has 1 heterocycles. The SMILES string of the molecule is c1cc(NC2CC2)[nH]n1. The van der Waals surface area contributed by atoms with Gasteiger partial charge in [-0.2, -0.15) is 5.10 Å². The molecule has 0 unspecified atom stereocenters. The van der Waals surface area contributed by atoms with E-state index in [0.29, 0.717) is 6.04 Å². The molecule has 0 radical (unpaired) electrons. The van der Waals surface area contributed by atoms with Crippen molar-refractivity contribution < 1.29 is 0 Å². The molecule has 0 saturated heterocycles. The van der Waals surface area contributed by atoms with Crippen molar-refractivity contribution in [2.75, 3.05) is 5.32 Å². The highest BCUT2D eigenvalue weighted by atomic mass is 15.2. The molecule has 0 spiro atoms. The molecule has 0 aromatic carbocycles. The van der Waals surface area contributed by atoms with Gasteiger partial charge in [-0.1, -0.05) is 0 Å². The van der Waals surface area contributed by atoms with Crippen molar-refractivity contribution >= 4 is 5.82 Å². The first kappa shape index (κ1) is 4.85. The van der Waals surface area contributed by atoms with E-state index in [-0.39, 0.29) is 0 Å². The lowest BCUT2D eigenvalue weighted by Gasteiger charge is -1.96. The second kappa shape index (κ2) is 1.76. The van der Waals surface area contributed by atoms with E-state index >= 15 is 0 Å². The summed E-state index contributed by atoms with van der Waals surface area (Å²) >= 11 is 0. The number of hydrogen-bond donors (Lipinski definition) is 2. The van der Waals surface area contributed by atoms with E-state index in [1.54, 1.807) is 6.20 Å². The maximum absolute atomic E-state index is 3.82. The van der Waals surface area contributed by atoms with Crippen LogP contribution in [0.3, 0.4) is 0 Å². The zero-order valence-corrected chi connectivity index (χ0v) is 5.09. The van der Waals surface area contributed by atoms with Gasteiger partial charge in [-0.3, -0.25) is 5.10 Å². The highest BCUT2D eigenvalue weighted by Gasteiger charge is 2.20. The lowest BCUT2D eigenvalue weighted by atomic mass is 10.6. The molecule has 0 bridgehead atoms. The molecule has 1 saturated carbocycles. The molecular formula is C6H9N3. The van der Waals surface area contributed by atoms with Crippen LogP contribution in [0.25, 0.3) is 0 Å². The van der Waals surface area contributed by atoms with Gasteiger partial charge in [0.25, 0.3) is 0 Å². The summed E-state index contributed by atoms with van der Waals surface area (Å²) in [5, 5.41) is 9.94. The fourth-order valence-corrected chi connectivity index (χ4v) is 0.784. The summed E-state index contributed by atoms with van der Waals surface area (Å²) in [7, 11) is 0. The molecule has 1 aliphatic rings. The van der Waals surface area contributed by atoms with Crippen LogP contribution in [-0.2, 0) is 0 Å². The number of rotatable bonds is 2. The van der Waals surface area contributed by atoms with Crippen LogP contribution in [-0.4, -0.2) is 16.2 Å². The molecule has 3 heteroatoms. The molecule has 2 N–H and O–H groups in total. The van der Waals surface area contributed by atoms with Crippen LogP contribution in [0.1, 0.15) is 12.8 Å². The summed E-state index contributed by atoms with van der Waals surface area (Å²) < 4.78 is 0. The second-order valence-electron chi connectivity index (χ2n) is 2.39. The van der Waals surface area contributed by atoms with Crippen molar-refractivity contribution in [3.05, 3.63) is 12.3 Å². The Morgan fingerprint density at radius 2 is 2.56 bits per heavy atom. The van der Waals surface area contributed by atoms with E-state index < -0.39 is 0 Å². The van der Waals surface area contributed by atoms with Gasteiger partial charge in [-0.05, 0) is 18.9 Å². The molecule has 1 aromatic rings. The number of hydrogen-bond acceptors (Lipinski definition) is 2. The molecular weight excluding hydrogens is 114 g/mol. The zero-order valence-electron chi connectivity index (χ0n) is 5.09. The fraction of sp³-hybridized carbons (Fsp3) is 0.500. The van der Waals surface area contributed by atoms with Gasteiger partial charge in [0.1, 0.15) is 5.82 Å². The molecule has 0 amide bonds. The van der Waals surface area contributed by atoms with Crippen molar-refractivity contribution in [3.8, 4) is 0 Å². The summed E-state index contributed by atoms with van der Waals surface area (Å²) in [4.78, 5) is 0. The van der Waals surface area contributed by atoms with E-state index in [9.17, 15) is 0 Å². The average Bonchev–Trinajstić information content (AvgIpc) is 2.46. The standard InChI is InChI=1S/C6H9N3/c1-2-5(1)8-6-3-4-7-9-6/h3-5H,1-2H2,(H2,7,8,9). The van der Waals surface area contributed by atoms with Crippen molar-refractivity contribution in [2.45, 2.75) is 18.9 Å². The van der Waals surface area contributed by atoms with Gasteiger partial charge in [-0.25, -0.2) is 0 Å². The first-order chi connectivity index (χ1) is 4.45. The van der Waals surface area contributed by atoms with Gasteiger partial charge >= 0.3 is 0 Å². The molecule has 1 aromatic heterocycles. The largest absolute Gasteiger partial charge is 0.368 e. The summed E-state index contributed by atoms with van der Waals surface area (Å²) in [6, 6.07) is 2.66. The van der Waals surface area contributed by atoms with Crippen molar-refractivity contribution in [1.29, 1.82) is 0 Å². The second-order valence-corrected chi connectivity index (χ2v) is 2.39. The third-order valence-corrected chi connectivity index (χ3v) is 1.44. The van der Waals surface area contributed by atoms with Crippen LogP contribution >= 0.6 is 0 Å². The molecule has 0 aliphatic heterocycles. The van der Waals surface area contributed by atoms with Crippen LogP contribution < -0.4 is 5.32 Å². The molecule has 48 valence electrons. The van der Waals surface area contributed by atoms with Crippen molar-refractivity contribution in [3.63, 3.8) is 0 Å². The third kappa shape index (κ3) is 1.04. The van der Waals surface area contributed by atoms with Crippen LogP contribution in [0.4, 0.5) is 5.82 Å². The van der Waals surface area contributed by atoms with Gasteiger partial charge < -0.3 is 5.32 Å². The van der Waals surface area contributed by atoms with E-state index in [2.05, 4.69) is 15.5 Å². The normalized spacial score (nSPS) is 17.8. The predicted octanol–water partition coefficient (Wildman–Crippen LogP) is 0.984. The summed E-state index contributed by atoms with van der Waals surface area (Å²) in [6.45, 7) is 0. The van der Waals surface area contributed by atoms with Crippen molar-refractivity contribution in [2.24, 2.45) is 0 Å². The average molecular weight is 123 g/mol. The minimum atomic E-state index is 0.713. The number of aromatic amines is 1. The Morgan fingerprint density at radius 1 is 1.67 bits per heavy atom. The minimum absolute atomic E-state index is 0.713. The summed E-state index contributed by atoms with van der Waals surface area (Å²) in [5.41, 5.74) is 0. The first-order valence-corrected chi connectivity index (χ1v) is 3.21. The molecule has 3 nitrogen and oxygen atoms in total. The Balaban J connectivity index is 1.99. The van der Waals surface area contributed by atoms with Gasteiger partial charge in [0.15, 0.2) is 0 Å². The zero-order chi connectivity index (χ0) is 6.10. The Morgan fingerprint density at radius 3 is 3.11 bits per heavy atom. The van der Waals surface area contributed by atoms with E-state index in [1.807, 2.05) is 6.07 Å². The number of aromatic nitrogens is 2. The smallest absolute Gasteiger partial charge is 0.121 e. The van der Waals surface area contributed by atoms with Gasteiger partial charge in [0.2, 0.25) is 0 Å². The van der Waals surface area contributed by atoms with Crippen LogP contribution in [0.5, 0.6) is 0 Å². The van der Waals surface area contributed by atoms with Crippen LogP contribution in [0.15, 0.2) is 12.3 Å². The number of nitrogens with one attached hydrogen (secondary N) is 2. The topological polar surface area (TPSA) is 40.7 Å². The highest BCUT2D eigenvalue weighted by Crippen LogP contribution is 2.22. The van der Waals surface area contributed by atoms with Gasteiger partial charge in [-0.15, -0.1) is 0 Å². The summed E-state index contributed by atoms with van der Waals surface area (Å²) in [5.74, 6) is 1.04. The molecule has 1 aliphatic carbocycles. The van der Waals surface area contributed by atoms with E-state index in [4.69, 9.17) is 0 Å². The predicted molar refractivity (Wildman–Crippen MR) is 35.2 cm³/mol. The fourth-order valence-electron chi connectivity index (χ4n) is 0.784. The van der Waals surface area contributed by atoms with E-state index in [1.165, 1.54) is 12.8 Å². The number of nitrogens with zero attached hydrogens (tertiary/aromatic N) is 1. The minimum Gasteiger partial charge on any atom is -0.368 e. The number of H-pyrrole nitrogens is 1. The van der Waals surface area contributed by atoms with Gasteiger partial charge in [0, 0.05) is 6.04 Å². The molecule has 9 heavy (non-hydrogen) atoms. The van der Waals surface area contributed by atoms with E-state index in [0.717, 1.165) is 5.82 Å². The Hall–Kier alpha value is -0.990. The number of anilines is 1. The van der Waals surface area contributed by atoms with Crippen molar-refractivity contribution in [1.82, 2.24) is 10.2 Å². The van der Waals surface area contributed by atoms with Crippen LogP contribution in [0, 0.1) is 0 Å². The highest BCUT2D eigenvalue weighted by molar-refractivity contribution is 5.34. The quantitative estimate of drug-likeness (QED) is 0.615. The maximum Gasteiger partial charge on any atom is 0.121 e. The maximum atomic E-state index is 3.82. The lowest BCUT2D eigenvalue weighted by molar-refractivity contribution is 1.05. The first-order valence-electron chi connectivity index (χ1n) is 3.21. The monoisotopic (exact) mass is 123 g/mol. The Bertz CT molecular complexity index is 176. The summed E-state index contributed by atoms with van der Waals surface area (Å²) in [6.07, 6.45) is 4.36. The Kier molecular flexibility index (Phi) is 0.946. The molecule has 2 rings (SSSR count). The van der Waals surface area contributed by atoms with Gasteiger partial charge in [0.05, 0.1) is 6.20 Å². The third-order valence-electron chi connectivity index (χ3n) is 1.44. The molecule has 1 fully saturated rings. The lowest BCUT2D eigenvalue weighted by Crippen LogP contribution is -2.00. The van der Waals surface area contributed by atoms with Crippen LogP contribution in [0.2, 0.25) is 0 Å².